The molecule has 0 aliphatic carbocycles. The zero-order valence-electron chi connectivity index (χ0n) is 26.1. The summed E-state index contributed by atoms with van der Waals surface area (Å²) in [5.41, 5.74) is 5.71. The van der Waals surface area contributed by atoms with Crippen LogP contribution in [-0.2, 0) is 0 Å². The standard InChI is InChI=1S/C44H29N3Si/c45-30-32-29-33(47-42-24-12-10-21-39(42)40-22-11-13-25-43(40)47)27-28-37(32)38-23-14-26-44(41(38)31-46)48(34-15-4-1-5-16-34,35-17-6-2-7-18-35)36-19-8-3-9-20-36/h1-29H. The molecular formula is C44H29N3Si. The molecule has 48 heavy (non-hydrogen) atoms. The van der Waals surface area contributed by atoms with Crippen molar-refractivity contribution >= 4 is 50.6 Å². The molecule has 0 aliphatic rings. The van der Waals surface area contributed by atoms with E-state index in [1.807, 2.05) is 54.6 Å². The van der Waals surface area contributed by atoms with Crippen molar-refractivity contribution in [2.75, 3.05) is 0 Å². The Balaban J connectivity index is 1.39. The fourth-order valence-electron chi connectivity index (χ4n) is 7.44. The second-order valence-corrected chi connectivity index (χ2v) is 15.7. The van der Waals surface area contributed by atoms with Crippen LogP contribution in [0.3, 0.4) is 0 Å². The van der Waals surface area contributed by atoms with Gasteiger partial charge in [0.15, 0.2) is 8.07 Å². The zero-order chi connectivity index (χ0) is 32.5. The van der Waals surface area contributed by atoms with Gasteiger partial charge in [-0.15, -0.1) is 0 Å². The summed E-state index contributed by atoms with van der Waals surface area (Å²) in [6, 6.07) is 65.8. The Morgan fingerprint density at radius 1 is 0.438 bits per heavy atom. The summed E-state index contributed by atoms with van der Waals surface area (Å²) in [7, 11) is -2.98. The number of aromatic nitrogens is 1. The predicted molar refractivity (Wildman–Crippen MR) is 199 cm³/mol. The van der Waals surface area contributed by atoms with E-state index in [9.17, 15) is 10.5 Å². The minimum Gasteiger partial charge on any atom is -0.309 e. The molecule has 1 aromatic heterocycles. The first-order chi connectivity index (χ1) is 23.8. The molecule has 0 atom stereocenters. The molecule has 0 amide bonds. The number of hydrogen-bond acceptors (Lipinski definition) is 2. The summed E-state index contributed by atoms with van der Waals surface area (Å²) in [5.74, 6) is 0. The van der Waals surface area contributed by atoms with Crippen LogP contribution < -0.4 is 20.7 Å². The molecule has 7 aromatic carbocycles. The molecule has 0 fully saturated rings. The highest BCUT2D eigenvalue weighted by Gasteiger charge is 2.43. The summed E-state index contributed by atoms with van der Waals surface area (Å²) >= 11 is 0. The van der Waals surface area contributed by atoms with Crippen molar-refractivity contribution < 1.29 is 0 Å². The molecule has 8 aromatic rings. The molecule has 0 aliphatic heterocycles. The molecule has 3 nitrogen and oxygen atoms in total. The Bertz CT molecular complexity index is 2370. The van der Waals surface area contributed by atoms with Crippen molar-refractivity contribution in [3.8, 4) is 29.0 Å². The van der Waals surface area contributed by atoms with Crippen molar-refractivity contribution in [1.82, 2.24) is 4.57 Å². The third-order valence-corrected chi connectivity index (χ3v) is 14.3. The van der Waals surface area contributed by atoms with E-state index < -0.39 is 8.07 Å². The lowest BCUT2D eigenvalue weighted by Crippen LogP contribution is -2.75. The largest absolute Gasteiger partial charge is 0.309 e. The van der Waals surface area contributed by atoms with Gasteiger partial charge in [-0.25, -0.2) is 0 Å². The summed E-state index contributed by atoms with van der Waals surface area (Å²) in [6.45, 7) is 0. The molecule has 224 valence electrons. The molecule has 0 saturated carbocycles. The van der Waals surface area contributed by atoms with Crippen molar-refractivity contribution in [1.29, 1.82) is 10.5 Å². The number of nitrogens with zero attached hydrogens (tertiary/aromatic N) is 3. The number of para-hydroxylation sites is 2. The maximum absolute atomic E-state index is 11.1. The Hall–Kier alpha value is -6.46. The minimum absolute atomic E-state index is 0.523. The number of fused-ring (bicyclic) bond motifs is 3. The first-order valence-electron chi connectivity index (χ1n) is 16.0. The van der Waals surface area contributed by atoms with Crippen LogP contribution in [0.15, 0.2) is 176 Å². The Labute approximate surface area is 280 Å². The highest BCUT2D eigenvalue weighted by molar-refractivity contribution is 7.20. The van der Waals surface area contributed by atoms with E-state index in [-0.39, 0.29) is 0 Å². The summed E-state index contributed by atoms with van der Waals surface area (Å²) in [6.07, 6.45) is 0. The quantitative estimate of drug-likeness (QED) is 0.141. The molecule has 1 heterocycles. The second-order valence-electron chi connectivity index (χ2n) is 11.9. The van der Waals surface area contributed by atoms with Gasteiger partial charge in [0.2, 0.25) is 0 Å². The molecule has 0 N–H and O–H groups in total. The van der Waals surface area contributed by atoms with Gasteiger partial charge in [-0.2, -0.15) is 10.5 Å². The van der Waals surface area contributed by atoms with Crippen LogP contribution in [0.25, 0.3) is 38.6 Å². The van der Waals surface area contributed by atoms with E-state index in [4.69, 9.17) is 0 Å². The number of benzene rings is 7. The summed E-state index contributed by atoms with van der Waals surface area (Å²) in [5, 5.41) is 28.6. The molecule has 0 spiro atoms. The third-order valence-electron chi connectivity index (χ3n) is 9.45. The maximum atomic E-state index is 11.1. The Morgan fingerprint density at radius 2 is 0.938 bits per heavy atom. The molecule has 4 heteroatoms. The average molecular weight is 628 g/mol. The molecule has 0 radical (unpaired) electrons. The average Bonchev–Trinajstić information content (AvgIpc) is 3.50. The fourth-order valence-corrected chi connectivity index (χ4v) is 12.4. The summed E-state index contributed by atoms with van der Waals surface area (Å²) in [4.78, 5) is 0. The van der Waals surface area contributed by atoms with Gasteiger partial charge in [0.05, 0.1) is 34.3 Å². The van der Waals surface area contributed by atoms with Crippen molar-refractivity contribution in [3.63, 3.8) is 0 Å². The lowest BCUT2D eigenvalue weighted by Gasteiger charge is -2.35. The van der Waals surface area contributed by atoms with Gasteiger partial charge in [-0.05, 0) is 45.0 Å². The molecule has 0 saturated heterocycles. The van der Waals surface area contributed by atoms with Gasteiger partial charge >= 0.3 is 0 Å². The lowest BCUT2D eigenvalue weighted by molar-refractivity contribution is 1.18. The van der Waals surface area contributed by atoms with Crippen molar-refractivity contribution in [2.24, 2.45) is 0 Å². The molecule has 0 unspecified atom stereocenters. The van der Waals surface area contributed by atoms with E-state index in [2.05, 4.69) is 138 Å². The number of hydrogen-bond donors (Lipinski definition) is 0. The lowest BCUT2D eigenvalue weighted by atomic mass is 9.95. The molecular weight excluding hydrogens is 599 g/mol. The van der Waals surface area contributed by atoms with Crippen LogP contribution in [-0.4, -0.2) is 12.6 Å². The summed E-state index contributed by atoms with van der Waals surface area (Å²) < 4.78 is 2.22. The first-order valence-corrected chi connectivity index (χ1v) is 18.0. The zero-order valence-corrected chi connectivity index (χ0v) is 27.1. The highest BCUT2D eigenvalue weighted by atomic mass is 28.3. The van der Waals surface area contributed by atoms with Crippen LogP contribution in [0.1, 0.15) is 11.1 Å². The Morgan fingerprint density at radius 3 is 1.44 bits per heavy atom. The monoisotopic (exact) mass is 627 g/mol. The van der Waals surface area contributed by atoms with Crippen LogP contribution in [0.2, 0.25) is 0 Å². The third kappa shape index (κ3) is 4.48. The predicted octanol–water partition coefficient (Wildman–Crippen LogP) is 7.57. The van der Waals surface area contributed by atoms with Crippen LogP contribution >= 0.6 is 0 Å². The van der Waals surface area contributed by atoms with Crippen LogP contribution in [0.5, 0.6) is 0 Å². The van der Waals surface area contributed by atoms with Crippen molar-refractivity contribution in [3.05, 3.63) is 187 Å². The number of nitriles is 2. The van der Waals surface area contributed by atoms with Crippen LogP contribution in [0.4, 0.5) is 0 Å². The van der Waals surface area contributed by atoms with Gasteiger partial charge in [-0.1, -0.05) is 152 Å². The smallest absolute Gasteiger partial charge is 0.180 e. The first kappa shape index (κ1) is 29.0. The normalized spacial score (nSPS) is 11.3. The van der Waals surface area contributed by atoms with E-state index >= 15 is 0 Å². The van der Waals surface area contributed by atoms with Crippen molar-refractivity contribution in [2.45, 2.75) is 0 Å². The van der Waals surface area contributed by atoms with Crippen LogP contribution in [0, 0.1) is 22.7 Å². The molecule has 0 bridgehead atoms. The van der Waals surface area contributed by atoms with Gasteiger partial charge in [-0.3, -0.25) is 0 Å². The highest BCUT2D eigenvalue weighted by Crippen LogP contribution is 2.34. The van der Waals surface area contributed by atoms with Gasteiger partial charge in [0.1, 0.15) is 0 Å². The van der Waals surface area contributed by atoms with E-state index in [0.29, 0.717) is 11.1 Å². The van der Waals surface area contributed by atoms with Gasteiger partial charge in [0.25, 0.3) is 0 Å². The van der Waals surface area contributed by atoms with Gasteiger partial charge in [0, 0.05) is 27.6 Å². The SMILES string of the molecule is N#Cc1cc(-n2c3ccccc3c3ccccc32)ccc1-c1cccc([Si](c2ccccc2)(c2ccccc2)c2ccccc2)c1C#N. The topological polar surface area (TPSA) is 52.5 Å². The van der Waals surface area contributed by atoms with Gasteiger partial charge < -0.3 is 4.57 Å². The maximum Gasteiger partial charge on any atom is 0.180 e. The minimum atomic E-state index is -2.98. The van der Waals surface area contributed by atoms with E-state index in [1.54, 1.807) is 0 Å². The number of rotatable bonds is 6. The van der Waals surface area contributed by atoms with E-state index in [1.165, 1.54) is 26.3 Å². The van der Waals surface area contributed by atoms with E-state index in [0.717, 1.165) is 33.0 Å². The fraction of sp³-hybridized carbons (Fsp3) is 0. The second kappa shape index (κ2) is 12.0. The molecule has 8 rings (SSSR count). The Kier molecular flexibility index (Phi) is 7.27.